The molecule has 0 aromatic heterocycles. The van der Waals surface area contributed by atoms with Crippen LogP contribution in [0.1, 0.15) is 17.0 Å². The van der Waals surface area contributed by atoms with Gasteiger partial charge in [-0.1, -0.05) is 65.7 Å². The van der Waals surface area contributed by atoms with E-state index in [-0.39, 0.29) is 10.8 Å². The predicted octanol–water partition coefficient (Wildman–Crippen LogP) is 5.29. The molecule has 1 N–H and O–H groups in total. The standard InChI is InChI=1S/C24H21Cl2N3O2S/c1-27-23(16-32(30,31)21-13-11-20(26)12-14-21)29-15-22(17-5-3-2-4-6-17)24(28-29)18-7-9-19(25)10-8-18/h2-14,16,22,27H,15H2,1H3/b23-16+/t22-/m1/s1. The molecule has 1 aliphatic rings. The summed E-state index contributed by atoms with van der Waals surface area (Å²) in [6.45, 7) is 0.491. The van der Waals surface area contributed by atoms with Crippen molar-refractivity contribution in [3.63, 3.8) is 0 Å². The Labute approximate surface area is 197 Å². The first kappa shape index (κ1) is 22.4. The molecule has 0 saturated carbocycles. The fourth-order valence-corrected chi connectivity index (χ4v) is 5.01. The van der Waals surface area contributed by atoms with E-state index in [2.05, 4.69) is 5.32 Å². The Morgan fingerprint density at radius 2 is 1.56 bits per heavy atom. The molecule has 0 unspecified atom stereocenters. The van der Waals surface area contributed by atoms with Crippen LogP contribution in [0.4, 0.5) is 0 Å². The number of rotatable bonds is 6. The van der Waals surface area contributed by atoms with Crippen molar-refractivity contribution in [1.82, 2.24) is 10.3 Å². The Balaban J connectivity index is 1.73. The molecule has 0 spiro atoms. The largest absolute Gasteiger partial charge is 0.373 e. The molecule has 164 valence electrons. The molecule has 32 heavy (non-hydrogen) atoms. The lowest BCUT2D eigenvalue weighted by atomic mass is 9.91. The van der Waals surface area contributed by atoms with Gasteiger partial charge in [0, 0.05) is 23.0 Å². The molecule has 3 aromatic rings. The van der Waals surface area contributed by atoms with Gasteiger partial charge in [-0.25, -0.2) is 13.4 Å². The van der Waals surface area contributed by atoms with E-state index in [9.17, 15) is 8.42 Å². The van der Waals surface area contributed by atoms with E-state index in [0.717, 1.165) is 16.8 Å². The lowest BCUT2D eigenvalue weighted by molar-refractivity contribution is 0.368. The number of nitrogens with one attached hydrogen (secondary N) is 1. The third kappa shape index (κ3) is 4.83. The molecule has 0 aliphatic carbocycles. The van der Waals surface area contributed by atoms with E-state index in [1.807, 2.05) is 54.6 Å². The summed E-state index contributed by atoms with van der Waals surface area (Å²) in [6.07, 6.45) is 0. The van der Waals surface area contributed by atoms with Gasteiger partial charge in [0.15, 0.2) is 0 Å². The van der Waals surface area contributed by atoms with Crippen molar-refractivity contribution < 1.29 is 8.42 Å². The van der Waals surface area contributed by atoms with E-state index in [0.29, 0.717) is 22.4 Å². The fraction of sp³-hybridized carbons (Fsp3) is 0.125. The SMILES string of the molecule is CN/C(=C\S(=O)(=O)c1ccc(Cl)cc1)N1C[C@H](c2ccccc2)C(c2ccc(Cl)cc2)=N1. The Hall–Kier alpha value is -2.80. The Bertz CT molecular complexity index is 1260. The van der Waals surface area contributed by atoms with Crippen LogP contribution in [-0.4, -0.2) is 32.7 Å². The smallest absolute Gasteiger partial charge is 0.203 e. The van der Waals surface area contributed by atoms with Gasteiger partial charge >= 0.3 is 0 Å². The Morgan fingerprint density at radius 3 is 2.16 bits per heavy atom. The summed E-state index contributed by atoms with van der Waals surface area (Å²) in [5.74, 6) is 0.345. The maximum atomic E-state index is 13.0. The summed E-state index contributed by atoms with van der Waals surface area (Å²) in [5, 5.41) is 11.8. The lowest BCUT2D eigenvalue weighted by Gasteiger charge is -2.19. The van der Waals surface area contributed by atoms with E-state index < -0.39 is 9.84 Å². The molecule has 1 atom stereocenters. The van der Waals surface area contributed by atoms with E-state index in [4.69, 9.17) is 28.3 Å². The number of halogens is 2. The van der Waals surface area contributed by atoms with E-state index >= 15 is 0 Å². The molecule has 0 radical (unpaired) electrons. The van der Waals surface area contributed by atoms with Gasteiger partial charge < -0.3 is 5.32 Å². The maximum Gasteiger partial charge on any atom is 0.203 e. The molecule has 0 amide bonds. The molecule has 1 heterocycles. The number of sulfone groups is 1. The number of benzene rings is 3. The van der Waals surface area contributed by atoms with Crippen molar-refractivity contribution in [3.05, 3.63) is 111 Å². The molecule has 1 aliphatic heterocycles. The van der Waals surface area contributed by atoms with Crippen molar-refractivity contribution in [1.29, 1.82) is 0 Å². The third-order valence-electron chi connectivity index (χ3n) is 5.20. The molecular formula is C24H21Cl2N3O2S. The second-order valence-electron chi connectivity index (χ2n) is 7.29. The Kier molecular flexibility index (Phi) is 6.55. The predicted molar refractivity (Wildman–Crippen MR) is 130 cm³/mol. The second-order valence-corrected chi connectivity index (χ2v) is 9.96. The monoisotopic (exact) mass is 485 g/mol. The minimum absolute atomic E-state index is 0.0349. The lowest BCUT2D eigenvalue weighted by Crippen LogP contribution is -2.26. The molecule has 5 nitrogen and oxygen atoms in total. The molecule has 0 saturated heterocycles. The molecule has 0 fully saturated rings. The van der Waals surface area contributed by atoms with Crippen molar-refractivity contribution in [3.8, 4) is 0 Å². The Morgan fingerprint density at radius 1 is 0.969 bits per heavy atom. The first-order valence-corrected chi connectivity index (χ1v) is 12.2. The van der Waals surface area contributed by atoms with Gasteiger partial charge in [0.05, 0.1) is 22.6 Å². The van der Waals surface area contributed by atoms with Gasteiger partial charge in [-0.3, -0.25) is 0 Å². The zero-order chi connectivity index (χ0) is 22.7. The first-order valence-electron chi connectivity index (χ1n) is 9.94. The highest BCUT2D eigenvalue weighted by atomic mass is 35.5. The average molecular weight is 486 g/mol. The summed E-state index contributed by atoms with van der Waals surface area (Å²) in [6, 6.07) is 23.6. The van der Waals surface area contributed by atoms with Crippen LogP contribution in [0.15, 0.2) is 100 Å². The quantitative estimate of drug-likeness (QED) is 0.515. The van der Waals surface area contributed by atoms with Crippen molar-refractivity contribution in [2.45, 2.75) is 10.8 Å². The summed E-state index contributed by atoms with van der Waals surface area (Å²) in [5.41, 5.74) is 2.87. The van der Waals surface area contributed by atoms with Crippen LogP contribution in [0.25, 0.3) is 0 Å². The van der Waals surface area contributed by atoms with Gasteiger partial charge in [-0.2, -0.15) is 5.10 Å². The van der Waals surface area contributed by atoms with Gasteiger partial charge in [0.25, 0.3) is 0 Å². The minimum Gasteiger partial charge on any atom is -0.373 e. The highest BCUT2D eigenvalue weighted by molar-refractivity contribution is 7.94. The molecule has 0 bridgehead atoms. The van der Waals surface area contributed by atoms with Crippen LogP contribution in [0.5, 0.6) is 0 Å². The maximum absolute atomic E-state index is 13.0. The third-order valence-corrected chi connectivity index (χ3v) is 7.17. The van der Waals surface area contributed by atoms with Crippen molar-refractivity contribution in [2.75, 3.05) is 13.6 Å². The topological polar surface area (TPSA) is 61.8 Å². The van der Waals surface area contributed by atoms with Crippen LogP contribution in [0.2, 0.25) is 10.0 Å². The van der Waals surface area contributed by atoms with Crippen molar-refractivity contribution >= 4 is 38.8 Å². The van der Waals surface area contributed by atoms with Crippen LogP contribution < -0.4 is 5.32 Å². The van der Waals surface area contributed by atoms with E-state index in [1.54, 1.807) is 24.2 Å². The summed E-state index contributed by atoms with van der Waals surface area (Å²) >= 11 is 12.0. The molecule has 4 rings (SSSR count). The number of hydrogen-bond donors (Lipinski definition) is 1. The van der Waals surface area contributed by atoms with Crippen LogP contribution in [0.3, 0.4) is 0 Å². The molecular weight excluding hydrogens is 465 g/mol. The fourth-order valence-electron chi connectivity index (χ4n) is 3.57. The summed E-state index contributed by atoms with van der Waals surface area (Å²) in [7, 11) is -2.03. The van der Waals surface area contributed by atoms with Crippen LogP contribution >= 0.6 is 23.2 Å². The minimum atomic E-state index is -3.71. The number of hydrogen-bond acceptors (Lipinski definition) is 5. The summed E-state index contributed by atoms with van der Waals surface area (Å²) in [4.78, 5) is 0.162. The van der Waals surface area contributed by atoms with Crippen LogP contribution in [-0.2, 0) is 9.84 Å². The average Bonchev–Trinajstić information content (AvgIpc) is 3.24. The van der Waals surface area contributed by atoms with Crippen molar-refractivity contribution in [2.24, 2.45) is 5.10 Å². The van der Waals surface area contributed by atoms with Crippen LogP contribution in [0, 0.1) is 0 Å². The highest BCUT2D eigenvalue weighted by Gasteiger charge is 2.31. The zero-order valence-corrected chi connectivity index (χ0v) is 19.6. The number of nitrogens with zero attached hydrogens (tertiary/aromatic N) is 2. The van der Waals surface area contributed by atoms with E-state index in [1.165, 1.54) is 17.5 Å². The molecule has 8 heteroatoms. The van der Waals surface area contributed by atoms with Gasteiger partial charge in [0.2, 0.25) is 9.84 Å². The van der Waals surface area contributed by atoms with Gasteiger partial charge in [-0.05, 0) is 47.5 Å². The first-order chi connectivity index (χ1) is 15.4. The van der Waals surface area contributed by atoms with Gasteiger partial charge in [0.1, 0.15) is 5.82 Å². The number of hydrazone groups is 1. The summed E-state index contributed by atoms with van der Waals surface area (Å²) < 4.78 is 25.9. The second kappa shape index (κ2) is 9.36. The van der Waals surface area contributed by atoms with Gasteiger partial charge in [-0.15, -0.1) is 0 Å². The zero-order valence-electron chi connectivity index (χ0n) is 17.2. The molecule has 3 aromatic carbocycles. The normalized spacial score (nSPS) is 16.7. The highest BCUT2D eigenvalue weighted by Crippen LogP contribution is 2.31.